The number of nitrogens with zero attached hydrogens (tertiary/aromatic N) is 1. The van der Waals surface area contributed by atoms with Crippen molar-refractivity contribution in [2.24, 2.45) is 0 Å². The van der Waals surface area contributed by atoms with E-state index in [9.17, 15) is 9.59 Å². The summed E-state index contributed by atoms with van der Waals surface area (Å²) >= 11 is 0. The van der Waals surface area contributed by atoms with Crippen LogP contribution < -0.4 is 10.9 Å². The molecule has 3 rings (SSSR count). The molecule has 0 aliphatic rings. The van der Waals surface area contributed by atoms with Gasteiger partial charge in [0.15, 0.2) is 0 Å². The summed E-state index contributed by atoms with van der Waals surface area (Å²) < 4.78 is 1.56. The fraction of sp³-hybridized carbons (Fsp3) is 0.143. The van der Waals surface area contributed by atoms with Crippen molar-refractivity contribution in [2.75, 3.05) is 5.32 Å². The molecule has 3 aromatic rings. The number of hydrogen-bond acceptors (Lipinski definition) is 2. The van der Waals surface area contributed by atoms with Gasteiger partial charge in [-0.25, -0.2) is 0 Å². The number of anilines is 1. The van der Waals surface area contributed by atoms with E-state index in [1.54, 1.807) is 22.9 Å². The van der Waals surface area contributed by atoms with Crippen molar-refractivity contribution in [1.82, 2.24) is 4.57 Å². The molecule has 2 aromatic carbocycles. The molecule has 0 spiro atoms. The second-order valence-corrected chi connectivity index (χ2v) is 6.10. The number of carbonyl (C=O) groups is 1. The fourth-order valence-electron chi connectivity index (χ4n) is 2.64. The maximum atomic E-state index is 12.7. The van der Waals surface area contributed by atoms with Gasteiger partial charge in [-0.1, -0.05) is 42.0 Å². The van der Waals surface area contributed by atoms with Crippen molar-refractivity contribution in [1.29, 1.82) is 0 Å². The molecule has 0 radical (unpaired) electrons. The molecule has 4 heteroatoms. The molecule has 0 unspecified atom stereocenters. The van der Waals surface area contributed by atoms with Crippen LogP contribution in [0.4, 0.5) is 5.69 Å². The number of nitrogens with one attached hydrogen (secondary N) is 1. The minimum atomic E-state index is -0.395. The Balaban J connectivity index is 1.85. The molecule has 0 saturated heterocycles. The second-order valence-electron chi connectivity index (χ2n) is 6.10. The van der Waals surface area contributed by atoms with Gasteiger partial charge >= 0.3 is 0 Å². The van der Waals surface area contributed by atoms with Gasteiger partial charge in [-0.15, -0.1) is 0 Å². The number of carbonyl (C=O) groups excluding carboxylic acids is 1. The van der Waals surface area contributed by atoms with Crippen molar-refractivity contribution < 1.29 is 4.79 Å². The smallest absolute Gasteiger partial charge is 0.263 e. The highest BCUT2D eigenvalue weighted by Gasteiger charge is 2.13. The van der Waals surface area contributed by atoms with E-state index in [-0.39, 0.29) is 11.1 Å². The average molecular weight is 332 g/mol. The first-order chi connectivity index (χ1) is 12.0. The molecular formula is C21H20N2O2. The van der Waals surface area contributed by atoms with Crippen LogP contribution in [-0.2, 0) is 6.54 Å². The zero-order chi connectivity index (χ0) is 17.8. The Morgan fingerprint density at radius 2 is 1.68 bits per heavy atom. The summed E-state index contributed by atoms with van der Waals surface area (Å²) in [6.07, 6.45) is 1.71. The molecule has 25 heavy (non-hydrogen) atoms. The van der Waals surface area contributed by atoms with Crippen LogP contribution in [0.5, 0.6) is 0 Å². The van der Waals surface area contributed by atoms with Gasteiger partial charge in [-0.2, -0.15) is 0 Å². The highest BCUT2D eigenvalue weighted by atomic mass is 16.2. The topological polar surface area (TPSA) is 51.1 Å². The first-order valence-electron chi connectivity index (χ1n) is 8.16. The third kappa shape index (κ3) is 3.86. The largest absolute Gasteiger partial charge is 0.322 e. The van der Waals surface area contributed by atoms with Gasteiger partial charge in [0.25, 0.3) is 11.5 Å². The Hall–Kier alpha value is -3.14. The van der Waals surface area contributed by atoms with E-state index in [4.69, 9.17) is 0 Å². The number of benzene rings is 2. The van der Waals surface area contributed by atoms with E-state index in [0.717, 1.165) is 16.7 Å². The molecule has 1 aromatic heterocycles. The van der Waals surface area contributed by atoms with Crippen LogP contribution in [0.1, 0.15) is 27.0 Å². The number of aromatic nitrogens is 1. The Kier molecular flexibility index (Phi) is 4.80. The summed E-state index contributed by atoms with van der Waals surface area (Å²) in [6.45, 7) is 4.43. The SMILES string of the molecule is Cc1ccc(NC(=O)c2cccn(Cc3ccccc3C)c2=O)cc1. The van der Waals surface area contributed by atoms with Crippen molar-refractivity contribution >= 4 is 11.6 Å². The second kappa shape index (κ2) is 7.18. The van der Waals surface area contributed by atoms with E-state index in [2.05, 4.69) is 5.32 Å². The van der Waals surface area contributed by atoms with Gasteiger partial charge in [0.1, 0.15) is 5.56 Å². The fourth-order valence-corrected chi connectivity index (χ4v) is 2.64. The molecule has 0 saturated carbocycles. The Bertz CT molecular complexity index is 956. The number of amides is 1. The van der Waals surface area contributed by atoms with Crippen LogP contribution in [0.25, 0.3) is 0 Å². The van der Waals surface area contributed by atoms with E-state index in [1.165, 1.54) is 0 Å². The minimum Gasteiger partial charge on any atom is -0.322 e. The van der Waals surface area contributed by atoms with E-state index in [0.29, 0.717) is 12.2 Å². The summed E-state index contributed by atoms with van der Waals surface area (Å²) in [5.74, 6) is -0.395. The lowest BCUT2D eigenvalue weighted by Crippen LogP contribution is -2.29. The molecule has 1 heterocycles. The molecule has 0 aliphatic heterocycles. The first-order valence-corrected chi connectivity index (χ1v) is 8.16. The number of rotatable bonds is 4. The van der Waals surface area contributed by atoms with Crippen molar-refractivity contribution in [2.45, 2.75) is 20.4 Å². The van der Waals surface area contributed by atoms with Gasteiger partial charge in [0, 0.05) is 11.9 Å². The third-order valence-electron chi connectivity index (χ3n) is 4.18. The van der Waals surface area contributed by atoms with Gasteiger partial charge in [0.05, 0.1) is 6.54 Å². The molecule has 1 N–H and O–H groups in total. The minimum absolute atomic E-state index is 0.136. The van der Waals surface area contributed by atoms with Crippen LogP contribution >= 0.6 is 0 Å². The summed E-state index contributed by atoms with van der Waals surface area (Å²) in [5.41, 5.74) is 3.79. The van der Waals surface area contributed by atoms with Gasteiger partial charge < -0.3 is 9.88 Å². The normalized spacial score (nSPS) is 10.5. The highest BCUT2D eigenvalue weighted by molar-refractivity contribution is 6.03. The Labute approximate surface area is 146 Å². The van der Waals surface area contributed by atoms with Crippen molar-refractivity contribution in [3.63, 3.8) is 0 Å². The number of pyridine rings is 1. The lowest BCUT2D eigenvalue weighted by atomic mass is 10.1. The van der Waals surface area contributed by atoms with Crippen LogP contribution in [-0.4, -0.2) is 10.5 Å². The van der Waals surface area contributed by atoms with Gasteiger partial charge in [-0.3, -0.25) is 9.59 Å². The summed E-state index contributed by atoms with van der Waals surface area (Å²) in [5, 5.41) is 2.78. The molecular weight excluding hydrogens is 312 g/mol. The average Bonchev–Trinajstić information content (AvgIpc) is 2.60. The van der Waals surface area contributed by atoms with Crippen molar-refractivity contribution in [3.8, 4) is 0 Å². The lowest BCUT2D eigenvalue weighted by molar-refractivity contribution is 0.102. The predicted octanol–water partition coefficient (Wildman–Crippen LogP) is 3.77. The standard InChI is InChI=1S/C21H20N2O2/c1-15-9-11-18(12-10-15)22-20(24)19-8-5-13-23(21(19)25)14-17-7-4-3-6-16(17)2/h3-13H,14H2,1-2H3,(H,22,24). The highest BCUT2D eigenvalue weighted by Crippen LogP contribution is 2.11. The first kappa shape index (κ1) is 16.7. The van der Waals surface area contributed by atoms with E-state index in [1.807, 2.05) is 62.4 Å². The van der Waals surface area contributed by atoms with E-state index >= 15 is 0 Å². The zero-order valence-electron chi connectivity index (χ0n) is 14.3. The van der Waals surface area contributed by atoms with Gasteiger partial charge in [0.2, 0.25) is 0 Å². The molecule has 0 atom stereocenters. The van der Waals surface area contributed by atoms with Crippen molar-refractivity contribution in [3.05, 3.63) is 99.5 Å². The van der Waals surface area contributed by atoms with Gasteiger partial charge in [-0.05, 0) is 49.2 Å². The maximum absolute atomic E-state index is 12.7. The molecule has 4 nitrogen and oxygen atoms in total. The number of hydrogen-bond donors (Lipinski definition) is 1. The molecule has 1 amide bonds. The summed E-state index contributed by atoms with van der Waals surface area (Å²) in [7, 11) is 0. The summed E-state index contributed by atoms with van der Waals surface area (Å²) in [4.78, 5) is 25.1. The monoisotopic (exact) mass is 332 g/mol. The Morgan fingerprint density at radius 1 is 0.960 bits per heavy atom. The van der Waals surface area contributed by atoms with Crippen LogP contribution in [0, 0.1) is 13.8 Å². The lowest BCUT2D eigenvalue weighted by Gasteiger charge is -2.10. The molecule has 126 valence electrons. The van der Waals surface area contributed by atoms with Crippen LogP contribution in [0.3, 0.4) is 0 Å². The molecule has 0 bridgehead atoms. The number of aryl methyl sites for hydroxylation is 2. The predicted molar refractivity (Wildman–Crippen MR) is 100 cm³/mol. The zero-order valence-corrected chi connectivity index (χ0v) is 14.3. The maximum Gasteiger partial charge on any atom is 0.263 e. The van der Waals surface area contributed by atoms with Crippen LogP contribution in [0.15, 0.2) is 71.7 Å². The summed E-state index contributed by atoms with van der Waals surface area (Å²) in [6, 6.07) is 18.7. The quantitative estimate of drug-likeness (QED) is 0.791. The third-order valence-corrected chi connectivity index (χ3v) is 4.18. The van der Waals surface area contributed by atoms with E-state index < -0.39 is 5.91 Å². The molecule has 0 fully saturated rings. The Morgan fingerprint density at radius 3 is 2.40 bits per heavy atom. The molecule has 0 aliphatic carbocycles. The van der Waals surface area contributed by atoms with Crippen LogP contribution in [0.2, 0.25) is 0 Å².